The molecule has 2 unspecified atom stereocenters. The summed E-state index contributed by atoms with van der Waals surface area (Å²) in [6.07, 6.45) is -11.1. The lowest BCUT2D eigenvalue weighted by molar-refractivity contribution is -0.143. The Kier molecular flexibility index (Phi) is 9.95. The van der Waals surface area contributed by atoms with Crippen molar-refractivity contribution in [2.75, 3.05) is 13.2 Å². The van der Waals surface area contributed by atoms with Crippen LogP contribution >= 0.6 is 0 Å². The van der Waals surface area contributed by atoms with Crippen molar-refractivity contribution in [1.82, 2.24) is 4.90 Å². The minimum Gasteiger partial charge on any atom is -0.444 e. The maximum atomic E-state index is 13.0. The molecule has 1 amide bonds. The molecule has 1 N–H and O–H groups in total. The minimum atomic E-state index is -4.95. The molecule has 3 rings (SSSR count). The smallest absolute Gasteiger partial charge is 0.416 e. The molecule has 0 radical (unpaired) electrons. The second kappa shape index (κ2) is 12.1. The van der Waals surface area contributed by atoms with Crippen LogP contribution in [0.4, 0.5) is 35.5 Å². The first-order chi connectivity index (χ1) is 17.0. The van der Waals surface area contributed by atoms with Gasteiger partial charge >= 0.3 is 18.4 Å². The molecule has 2 atom stereocenters. The highest BCUT2D eigenvalue weighted by Gasteiger charge is 2.39. The Morgan fingerprint density at radius 2 is 1.51 bits per heavy atom. The Hall–Kier alpha value is -2.86. The molecule has 1 saturated heterocycles. The predicted octanol–water partition coefficient (Wildman–Crippen LogP) is 6.44. The van der Waals surface area contributed by atoms with Gasteiger partial charge in [-0.05, 0) is 63.1 Å². The third-order valence-electron chi connectivity index (χ3n) is 5.08. The van der Waals surface area contributed by atoms with Crippen LogP contribution in [0.1, 0.15) is 43.9 Å². The number of hydrogen-bond donors (Lipinski definition) is 1. The average molecular weight is 539 g/mol. The molecule has 1 fully saturated rings. The van der Waals surface area contributed by atoms with E-state index in [2.05, 4.69) is 0 Å². The minimum absolute atomic E-state index is 0.00870. The van der Waals surface area contributed by atoms with Crippen molar-refractivity contribution in [2.24, 2.45) is 0 Å². The Morgan fingerprint density at radius 3 is 1.92 bits per heavy atom. The van der Waals surface area contributed by atoms with Gasteiger partial charge in [0.15, 0.2) is 0 Å². The van der Waals surface area contributed by atoms with Gasteiger partial charge in [-0.15, -0.1) is 0 Å². The molecule has 1 aliphatic rings. The standard InChI is InChI=1S/C19H23F6NO4.C6H5F/c1-17(2,3)30-16(28)26-8-15(7-14(26)9-27)29-10-11-4-12(18(20,21)22)6-13(5-11)19(23,24)25;7-6-4-2-1-3-5-6/h4-6,14-15,27H,7-10H2,1-3H3;1-5H. The second-order valence-corrected chi connectivity index (χ2v) is 9.35. The van der Waals surface area contributed by atoms with Crippen LogP contribution in [0.15, 0.2) is 48.5 Å². The molecule has 0 aromatic heterocycles. The Balaban J connectivity index is 0.000000591. The van der Waals surface area contributed by atoms with E-state index in [0.29, 0.717) is 12.1 Å². The van der Waals surface area contributed by atoms with Gasteiger partial charge in [-0.2, -0.15) is 26.3 Å². The molecule has 0 bridgehead atoms. The van der Waals surface area contributed by atoms with Crippen LogP contribution in [0.5, 0.6) is 0 Å². The molecule has 37 heavy (non-hydrogen) atoms. The molecule has 1 heterocycles. The SMILES string of the molecule is CC(C)(C)OC(=O)N1CC(OCc2cc(C(F)(F)F)cc(C(F)(F)F)c2)CC1CO.Fc1ccccc1. The van der Waals surface area contributed by atoms with Crippen LogP contribution in [0.25, 0.3) is 0 Å². The number of amides is 1. The zero-order valence-corrected chi connectivity index (χ0v) is 20.4. The molecule has 5 nitrogen and oxygen atoms in total. The highest BCUT2D eigenvalue weighted by molar-refractivity contribution is 5.69. The number of nitrogens with zero attached hydrogens (tertiary/aromatic N) is 1. The number of halogens is 7. The topological polar surface area (TPSA) is 59.0 Å². The summed E-state index contributed by atoms with van der Waals surface area (Å²) in [6.45, 7) is 4.07. The summed E-state index contributed by atoms with van der Waals surface area (Å²) >= 11 is 0. The Morgan fingerprint density at radius 1 is 0.973 bits per heavy atom. The van der Waals surface area contributed by atoms with Crippen molar-refractivity contribution in [3.63, 3.8) is 0 Å². The highest BCUT2D eigenvalue weighted by atomic mass is 19.4. The number of alkyl halides is 6. The Labute approximate surface area is 209 Å². The normalized spacial score (nSPS) is 18.3. The zero-order valence-electron chi connectivity index (χ0n) is 20.4. The van der Waals surface area contributed by atoms with Crippen LogP contribution in [-0.2, 0) is 28.4 Å². The zero-order chi connectivity index (χ0) is 28.0. The molecule has 12 heteroatoms. The van der Waals surface area contributed by atoms with Gasteiger partial charge in [-0.25, -0.2) is 9.18 Å². The van der Waals surface area contributed by atoms with Crippen LogP contribution in [0, 0.1) is 5.82 Å². The lowest BCUT2D eigenvalue weighted by Gasteiger charge is -2.27. The van der Waals surface area contributed by atoms with Gasteiger partial charge in [-0.3, -0.25) is 0 Å². The number of likely N-dealkylation sites (tertiary alicyclic amines) is 1. The van der Waals surface area contributed by atoms with Gasteiger partial charge in [0.1, 0.15) is 11.4 Å². The summed E-state index contributed by atoms with van der Waals surface area (Å²) in [5, 5.41) is 9.48. The maximum Gasteiger partial charge on any atom is 0.416 e. The van der Waals surface area contributed by atoms with E-state index in [0.717, 1.165) is 0 Å². The summed E-state index contributed by atoms with van der Waals surface area (Å²) in [5.74, 6) is -0.178. The largest absolute Gasteiger partial charge is 0.444 e. The molecular weight excluding hydrogens is 511 g/mol. The van der Waals surface area contributed by atoms with Gasteiger partial charge in [0, 0.05) is 0 Å². The van der Waals surface area contributed by atoms with Gasteiger partial charge in [0.25, 0.3) is 0 Å². The summed E-state index contributed by atoms with van der Waals surface area (Å²) < 4.78 is 100. The van der Waals surface area contributed by atoms with E-state index in [9.17, 15) is 40.6 Å². The van der Waals surface area contributed by atoms with E-state index < -0.39 is 53.9 Å². The van der Waals surface area contributed by atoms with Crippen molar-refractivity contribution in [3.05, 3.63) is 71.0 Å². The van der Waals surface area contributed by atoms with E-state index >= 15 is 0 Å². The quantitative estimate of drug-likeness (QED) is 0.455. The summed E-state index contributed by atoms with van der Waals surface area (Å²) in [7, 11) is 0. The third kappa shape index (κ3) is 9.84. The number of ether oxygens (including phenoxy) is 2. The van der Waals surface area contributed by atoms with E-state index in [-0.39, 0.29) is 37.0 Å². The van der Waals surface area contributed by atoms with E-state index in [4.69, 9.17) is 9.47 Å². The fourth-order valence-corrected chi connectivity index (χ4v) is 3.44. The number of benzene rings is 2. The molecule has 206 valence electrons. The summed E-state index contributed by atoms with van der Waals surface area (Å²) in [4.78, 5) is 13.5. The number of hydrogen-bond acceptors (Lipinski definition) is 4. The molecule has 0 spiro atoms. The number of rotatable bonds is 4. The van der Waals surface area contributed by atoms with E-state index in [1.807, 2.05) is 0 Å². The number of carbonyl (C=O) groups excluding carboxylic acids is 1. The maximum absolute atomic E-state index is 13.0. The van der Waals surface area contributed by atoms with Crippen molar-refractivity contribution >= 4 is 6.09 Å². The molecule has 2 aromatic carbocycles. The first-order valence-electron chi connectivity index (χ1n) is 11.2. The number of aliphatic hydroxyl groups excluding tert-OH is 1. The molecule has 2 aromatic rings. The molecule has 0 saturated carbocycles. The number of carbonyl (C=O) groups is 1. The fraction of sp³-hybridized carbons (Fsp3) is 0.480. The highest BCUT2D eigenvalue weighted by Crippen LogP contribution is 2.36. The van der Waals surface area contributed by atoms with Gasteiger partial charge in [0.2, 0.25) is 0 Å². The summed E-state index contributed by atoms with van der Waals surface area (Å²) in [5.41, 5.74) is -3.92. The van der Waals surface area contributed by atoms with E-state index in [1.54, 1.807) is 39.0 Å². The third-order valence-corrected chi connectivity index (χ3v) is 5.08. The van der Waals surface area contributed by atoms with E-state index in [1.165, 1.54) is 17.0 Å². The predicted molar refractivity (Wildman–Crippen MR) is 120 cm³/mol. The van der Waals surface area contributed by atoms with Crippen LogP contribution in [0.3, 0.4) is 0 Å². The van der Waals surface area contributed by atoms with Gasteiger partial charge < -0.3 is 19.5 Å². The van der Waals surface area contributed by atoms with Gasteiger partial charge in [0.05, 0.1) is 43.0 Å². The van der Waals surface area contributed by atoms with Crippen LogP contribution < -0.4 is 0 Å². The first-order valence-corrected chi connectivity index (χ1v) is 11.2. The van der Waals surface area contributed by atoms with Crippen LogP contribution in [0.2, 0.25) is 0 Å². The average Bonchev–Trinajstić information content (AvgIpc) is 3.20. The molecular formula is C25H28F7NO4. The first kappa shape index (κ1) is 30.4. The Bertz CT molecular complexity index is 988. The lowest BCUT2D eigenvalue weighted by Crippen LogP contribution is -2.41. The molecule has 0 aliphatic carbocycles. The van der Waals surface area contributed by atoms with Crippen molar-refractivity contribution in [1.29, 1.82) is 0 Å². The lowest BCUT2D eigenvalue weighted by atomic mass is 10.1. The van der Waals surface area contributed by atoms with Crippen LogP contribution in [-0.4, -0.2) is 47.0 Å². The fourth-order valence-electron chi connectivity index (χ4n) is 3.44. The second-order valence-electron chi connectivity index (χ2n) is 9.35. The van der Waals surface area contributed by atoms with Crippen molar-refractivity contribution in [3.8, 4) is 0 Å². The molecule has 1 aliphatic heterocycles. The van der Waals surface area contributed by atoms with Crippen molar-refractivity contribution in [2.45, 2.75) is 63.9 Å². The number of aliphatic hydroxyl groups is 1. The van der Waals surface area contributed by atoms with Crippen molar-refractivity contribution < 1.29 is 50.1 Å². The monoisotopic (exact) mass is 539 g/mol. The summed E-state index contributed by atoms with van der Waals surface area (Å²) in [6, 6.07) is 8.55. The van der Waals surface area contributed by atoms with Gasteiger partial charge in [-0.1, -0.05) is 18.2 Å².